The Morgan fingerprint density at radius 2 is 2.44 bits per heavy atom. The normalized spacial score (nSPS) is 12.1. The highest BCUT2D eigenvalue weighted by Crippen LogP contribution is 1.97. The van der Waals surface area contributed by atoms with Crippen molar-refractivity contribution < 1.29 is 9.53 Å². The zero-order chi connectivity index (χ0) is 11.8. The predicted octanol–water partition coefficient (Wildman–Crippen LogP) is 0.175. The molecule has 5 heteroatoms. The summed E-state index contributed by atoms with van der Waals surface area (Å²) in [5.74, 6) is -0.198. The number of carbonyl (C=O) groups is 1. The van der Waals surface area contributed by atoms with Gasteiger partial charge in [0.25, 0.3) is 5.91 Å². The summed E-state index contributed by atoms with van der Waals surface area (Å²) in [6.45, 7) is 0.965. The Bertz CT molecular complexity index is 310. The van der Waals surface area contributed by atoms with Crippen molar-refractivity contribution in [3.8, 4) is 0 Å². The van der Waals surface area contributed by atoms with Gasteiger partial charge in [0.1, 0.15) is 5.69 Å². The van der Waals surface area contributed by atoms with E-state index in [1.165, 1.54) is 0 Å². The number of carbonyl (C=O) groups excluding carboxylic acids is 1. The van der Waals surface area contributed by atoms with Crippen LogP contribution in [0.3, 0.4) is 0 Å². The highest BCUT2D eigenvalue weighted by Gasteiger charge is 2.13. The molecule has 0 aromatic carbocycles. The Labute approximate surface area is 95.0 Å². The molecule has 0 saturated heterocycles. The van der Waals surface area contributed by atoms with Gasteiger partial charge >= 0.3 is 0 Å². The third-order valence-corrected chi connectivity index (χ3v) is 2.12. The Kier molecular flexibility index (Phi) is 5.45. The Morgan fingerprint density at radius 1 is 1.62 bits per heavy atom. The molecular weight excluding hydrogens is 206 g/mol. The molecule has 1 amide bonds. The molecule has 1 atom stereocenters. The molecule has 1 rings (SSSR count). The molecule has 0 bridgehead atoms. The summed E-state index contributed by atoms with van der Waals surface area (Å²) in [6.07, 6.45) is 2.27. The van der Waals surface area contributed by atoms with Gasteiger partial charge in [-0.2, -0.15) is 0 Å². The van der Waals surface area contributed by atoms with Gasteiger partial charge < -0.3 is 15.8 Å². The second-order valence-corrected chi connectivity index (χ2v) is 3.42. The van der Waals surface area contributed by atoms with E-state index in [9.17, 15) is 4.79 Å². The summed E-state index contributed by atoms with van der Waals surface area (Å²) >= 11 is 0. The van der Waals surface area contributed by atoms with E-state index in [4.69, 9.17) is 10.5 Å². The van der Waals surface area contributed by atoms with E-state index in [0.717, 1.165) is 0 Å². The molecular formula is C11H17N3O2. The topological polar surface area (TPSA) is 77.2 Å². The van der Waals surface area contributed by atoms with Crippen LogP contribution in [0.25, 0.3) is 0 Å². The molecule has 1 heterocycles. The average Bonchev–Trinajstić information content (AvgIpc) is 2.31. The number of methoxy groups -OCH3 is 1. The smallest absolute Gasteiger partial charge is 0.270 e. The second-order valence-electron chi connectivity index (χ2n) is 3.42. The first-order chi connectivity index (χ1) is 7.77. The Morgan fingerprint density at radius 3 is 3.00 bits per heavy atom. The monoisotopic (exact) mass is 223 g/mol. The van der Waals surface area contributed by atoms with Crippen molar-refractivity contribution in [2.75, 3.05) is 20.3 Å². The lowest BCUT2D eigenvalue weighted by Gasteiger charge is -2.16. The molecule has 5 nitrogen and oxygen atoms in total. The maximum absolute atomic E-state index is 11.7. The fourth-order valence-corrected chi connectivity index (χ4v) is 1.36. The molecule has 88 valence electrons. The highest BCUT2D eigenvalue weighted by atomic mass is 16.5. The predicted molar refractivity (Wildman–Crippen MR) is 61.0 cm³/mol. The number of aromatic nitrogens is 1. The number of pyridine rings is 1. The molecule has 0 aliphatic heterocycles. The van der Waals surface area contributed by atoms with Crippen molar-refractivity contribution in [3.05, 3.63) is 30.1 Å². The van der Waals surface area contributed by atoms with Crippen molar-refractivity contribution in [1.29, 1.82) is 0 Å². The molecule has 1 aromatic heterocycles. The van der Waals surface area contributed by atoms with Crippen molar-refractivity contribution >= 4 is 5.91 Å². The van der Waals surface area contributed by atoms with Gasteiger partial charge in [0, 0.05) is 13.3 Å². The van der Waals surface area contributed by atoms with Crippen LogP contribution in [0.2, 0.25) is 0 Å². The molecule has 0 spiro atoms. The fraction of sp³-hybridized carbons (Fsp3) is 0.455. The second kappa shape index (κ2) is 6.92. The first-order valence-corrected chi connectivity index (χ1v) is 5.18. The molecule has 16 heavy (non-hydrogen) atoms. The molecule has 0 fully saturated rings. The van der Waals surface area contributed by atoms with Gasteiger partial charge in [-0.1, -0.05) is 6.07 Å². The van der Waals surface area contributed by atoms with Crippen LogP contribution < -0.4 is 11.1 Å². The summed E-state index contributed by atoms with van der Waals surface area (Å²) in [5.41, 5.74) is 5.85. The van der Waals surface area contributed by atoms with Crippen LogP contribution in [-0.4, -0.2) is 37.2 Å². The van der Waals surface area contributed by atoms with E-state index < -0.39 is 0 Å². The molecule has 0 radical (unpaired) electrons. The van der Waals surface area contributed by atoms with E-state index >= 15 is 0 Å². The summed E-state index contributed by atoms with van der Waals surface area (Å²) in [7, 11) is 1.59. The number of ether oxygens (including phenoxy) is 1. The van der Waals surface area contributed by atoms with Gasteiger partial charge in [0.2, 0.25) is 0 Å². The van der Waals surface area contributed by atoms with Crippen LogP contribution in [0.5, 0.6) is 0 Å². The molecule has 0 aliphatic rings. The molecule has 1 aromatic rings. The van der Waals surface area contributed by atoms with Gasteiger partial charge in [-0.15, -0.1) is 0 Å². The van der Waals surface area contributed by atoms with Crippen LogP contribution >= 0.6 is 0 Å². The average molecular weight is 223 g/mol. The van der Waals surface area contributed by atoms with Crippen molar-refractivity contribution in [2.45, 2.75) is 12.5 Å². The van der Waals surface area contributed by atoms with E-state index in [1.54, 1.807) is 31.5 Å². The van der Waals surface area contributed by atoms with Crippen LogP contribution in [0, 0.1) is 0 Å². The lowest BCUT2D eigenvalue weighted by atomic mass is 10.2. The molecule has 1 unspecified atom stereocenters. The van der Waals surface area contributed by atoms with E-state index in [-0.39, 0.29) is 11.9 Å². The van der Waals surface area contributed by atoms with Gasteiger partial charge in [-0.05, 0) is 25.1 Å². The number of nitrogens with two attached hydrogens (primary N) is 1. The summed E-state index contributed by atoms with van der Waals surface area (Å²) < 4.78 is 5.00. The van der Waals surface area contributed by atoms with Gasteiger partial charge in [-0.3, -0.25) is 9.78 Å². The lowest BCUT2D eigenvalue weighted by Crippen LogP contribution is -2.39. The number of hydrogen-bond acceptors (Lipinski definition) is 4. The zero-order valence-corrected chi connectivity index (χ0v) is 9.35. The largest absolute Gasteiger partial charge is 0.383 e. The zero-order valence-electron chi connectivity index (χ0n) is 9.35. The van der Waals surface area contributed by atoms with E-state index in [0.29, 0.717) is 25.3 Å². The first-order valence-electron chi connectivity index (χ1n) is 5.18. The standard InChI is InChI=1S/C11H17N3O2/c1-16-8-9(5-6-12)14-11(15)10-4-2-3-7-13-10/h2-4,7,9H,5-6,8,12H2,1H3,(H,14,15). The Balaban J connectivity index is 2.54. The molecule has 0 saturated carbocycles. The molecule has 3 N–H and O–H groups in total. The number of nitrogens with zero attached hydrogens (tertiary/aromatic N) is 1. The van der Waals surface area contributed by atoms with Crippen LogP contribution in [0.4, 0.5) is 0 Å². The van der Waals surface area contributed by atoms with Gasteiger partial charge in [0.05, 0.1) is 12.6 Å². The minimum absolute atomic E-state index is 0.0653. The van der Waals surface area contributed by atoms with Crippen LogP contribution in [0.1, 0.15) is 16.9 Å². The highest BCUT2D eigenvalue weighted by molar-refractivity contribution is 5.92. The SMILES string of the molecule is COCC(CCN)NC(=O)c1ccccn1. The van der Waals surface area contributed by atoms with Gasteiger partial charge in [-0.25, -0.2) is 0 Å². The minimum atomic E-state index is -0.198. The third-order valence-electron chi connectivity index (χ3n) is 2.12. The fourth-order valence-electron chi connectivity index (χ4n) is 1.36. The number of hydrogen-bond donors (Lipinski definition) is 2. The quantitative estimate of drug-likeness (QED) is 0.721. The third kappa shape index (κ3) is 3.96. The summed E-state index contributed by atoms with van der Waals surface area (Å²) in [4.78, 5) is 15.7. The van der Waals surface area contributed by atoms with Crippen molar-refractivity contribution in [2.24, 2.45) is 5.73 Å². The Hall–Kier alpha value is -1.46. The first kappa shape index (κ1) is 12.6. The number of rotatable bonds is 6. The summed E-state index contributed by atoms with van der Waals surface area (Å²) in [6, 6.07) is 5.14. The number of nitrogens with one attached hydrogen (secondary N) is 1. The minimum Gasteiger partial charge on any atom is -0.383 e. The van der Waals surface area contributed by atoms with Crippen LogP contribution in [0.15, 0.2) is 24.4 Å². The van der Waals surface area contributed by atoms with Crippen LogP contribution in [-0.2, 0) is 4.74 Å². The van der Waals surface area contributed by atoms with E-state index in [1.807, 2.05) is 0 Å². The molecule has 0 aliphatic carbocycles. The number of amides is 1. The van der Waals surface area contributed by atoms with E-state index in [2.05, 4.69) is 10.3 Å². The maximum atomic E-state index is 11.7. The van der Waals surface area contributed by atoms with Crippen molar-refractivity contribution in [3.63, 3.8) is 0 Å². The maximum Gasteiger partial charge on any atom is 0.270 e. The van der Waals surface area contributed by atoms with Crippen molar-refractivity contribution in [1.82, 2.24) is 10.3 Å². The summed E-state index contributed by atoms with van der Waals surface area (Å²) in [5, 5.41) is 2.83. The van der Waals surface area contributed by atoms with Gasteiger partial charge in [0.15, 0.2) is 0 Å². The lowest BCUT2D eigenvalue weighted by molar-refractivity contribution is 0.0888.